The van der Waals surface area contributed by atoms with Crippen LogP contribution < -0.4 is 24.8 Å². The summed E-state index contributed by atoms with van der Waals surface area (Å²) in [6.07, 6.45) is 5.23. The van der Waals surface area contributed by atoms with Crippen molar-refractivity contribution in [3.05, 3.63) is 128 Å². The summed E-state index contributed by atoms with van der Waals surface area (Å²) >= 11 is -2.21. The Kier molecular flexibility index (Phi) is 13.1. The molecule has 2 aliphatic carbocycles. The van der Waals surface area contributed by atoms with Gasteiger partial charge in [-0.1, -0.05) is 0 Å². The topological polar surface area (TPSA) is 0 Å². The van der Waals surface area contributed by atoms with Gasteiger partial charge in [0.1, 0.15) is 0 Å². The molecule has 2 unspecified atom stereocenters. The number of hydrogen-bond donors (Lipinski definition) is 0. The van der Waals surface area contributed by atoms with E-state index in [9.17, 15) is 0 Å². The zero-order chi connectivity index (χ0) is 38.3. The monoisotopic (exact) mass is 853 g/mol. The van der Waals surface area contributed by atoms with Crippen LogP contribution in [0.3, 0.4) is 0 Å². The molecule has 4 aromatic rings. The van der Waals surface area contributed by atoms with Gasteiger partial charge in [0, 0.05) is 0 Å². The third-order valence-corrected chi connectivity index (χ3v) is 33.9. The zero-order valence-corrected chi connectivity index (χ0v) is 41.2. The van der Waals surface area contributed by atoms with Gasteiger partial charge in [-0.25, -0.2) is 0 Å². The summed E-state index contributed by atoms with van der Waals surface area (Å²) in [6, 6.07) is 28.8. The van der Waals surface area contributed by atoms with Gasteiger partial charge in [-0.05, 0) is 0 Å². The molecule has 0 nitrogen and oxygen atoms in total. The van der Waals surface area contributed by atoms with Crippen molar-refractivity contribution in [1.29, 1.82) is 0 Å². The third-order valence-electron chi connectivity index (χ3n) is 11.7. The van der Waals surface area contributed by atoms with Crippen molar-refractivity contribution in [1.82, 2.24) is 0 Å². The second kappa shape index (κ2) is 15.8. The van der Waals surface area contributed by atoms with E-state index in [1.54, 1.807) is 22.3 Å². The summed E-state index contributed by atoms with van der Waals surface area (Å²) in [4.78, 5) is 0. The number of halogens is 2. The van der Waals surface area contributed by atoms with Gasteiger partial charge in [-0.2, -0.15) is 0 Å². The summed E-state index contributed by atoms with van der Waals surface area (Å²) in [7, 11) is 0. The smallest absolute Gasteiger partial charge is 1.00 e. The van der Waals surface area contributed by atoms with E-state index >= 15 is 0 Å². The van der Waals surface area contributed by atoms with Crippen LogP contribution in [0, 0.1) is 0 Å². The first-order valence-corrected chi connectivity index (χ1v) is 29.8. The first-order valence-electron chi connectivity index (χ1n) is 19.8. The first kappa shape index (κ1) is 44.8. The summed E-state index contributed by atoms with van der Waals surface area (Å²) < 4.78 is 1.23. The van der Waals surface area contributed by atoms with Gasteiger partial charge in [0.15, 0.2) is 0 Å². The van der Waals surface area contributed by atoms with Gasteiger partial charge in [0.25, 0.3) is 0 Å². The SMILES string of the molecule is CC1=Cc2c(-c3cccc(C(C)(C)C)c3C(C)(C)C)cccc2[CH]1[Zr+2]([CH]1C(C)=Cc2c(-c3cccc(C(C)(C)C)c3C(C)(C)C)cccc21)[SiH](C)C.[Cl-].[Cl-]. The maximum absolute atomic E-state index is 2.69. The van der Waals surface area contributed by atoms with Gasteiger partial charge in [-0.15, -0.1) is 0 Å². The summed E-state index contributed by atoms with van der Waals surface area (Å²) in [6.45, 7) is 38.9. The molecule has 0 radical (unpaired) electrons. The molecule has 54 heavy (non-hydrogen) atoms. The minimum absolute atomic E-state index is 0. The van der Waals surface area contributed by atoms with E-state index in [-0.39, 0.29) is 46.5 Å². The number of rotatable bonds is 5. The fraction of sp³-hybridized carbons (Fsp3) is 0.440. The van der Waals surface area contributed by atoms with Gasteiger partial charge < -0.3 is 24.8 Å². The zero-order valence-electron chi connectivity index (χ0n) is 36.1. The van der Waals surface area contributed by atoms with E-state index in [0.29, 0.717) is 7.25 Å². The van der Waals surface area contributed by atoms with Crippen molar-refractivity contribution in [2.24, 2.45) is 0 Å². The van der Waals surface area contributed by atoms with Crippen molar-refractivity contribution in [2.45, 2.75) is 139 Å². The molecule has 0 saturated heterocycles. The Bertz CT molecular complexity index is 1940. The van der Waals surface area contributed by atoms with Crippen molar-refractivity contribution >= 4 is 18.1 Å². The normalized spacial score (nSPS) is 17.0. The maximum Gasteiger partial charge on any atom is -1.00 e. The number of fused-ring (bicyclic) bond motifs is 2. The minimum Gasteiger partial charge on any atom is -1.00 e. The molecule has 0 aromatic heterocycles. The Morgan fingerprint density at radius 1 is 0.444 bits per heavy atom. The fourth-order valence-corrected chi connectivity index (χ4v) is 32.9. The van der Waals surface area contributed by atoms with Crippen LogP contribution >= 0.6 is 0 Å². The van der Waals surface area contributed by atoms with Crippen LogP contribution in [-0.4, -0.2) is 5.92 Å². The Morgan fingerprint density at radius 3 is 1.06 bits per heavy atom. The number of benzene rings is 4. The average molecular weight is 856 g/mol. The average Bonchev–Trinajstić information content (AvgIpc) is 3.54. The van der Waals surface area contributed by atoms with Crippen LogP contribution in [0.2, 0.25) is 13.1 Å². The van der Waals surface area contributed by atoms with E-state index < -0.39 is 26.8 Å². The van der Waals surface area contributed by atoms with E-state index in [4.69, 9.17) is 0 Å². The largest absolute Gasteiger partial charge is 1.00 e. The molecular weight excluding hydrogens is 791 g/mol. The Labute approximate surface area is 350 Å². The van der Waals surface area contributed by atoms with Crippen LogP contribution in [0.1, 0.15) is 149 Å². The molecule has 0 aliphatic heterocycles. The van der Waals surface area contributed by atoms with Crippen molar-refractivity contribution in [3.63, 3.8) is 0 Å². The van der Waals surface area contributed by atoms with Gasteiger partial charge >= 0.3 is 329 Å². The predicted octanol–water partition coefficient (Wildman–Crippen LogP) is 8.44. The molecule has 2 atom stereocenters. The van der Waals surface area contributed by atoms with Crippen molar-refractivity contribution < 1.29 is 45.7 Å². The van der Waals surface area contributed by atoms with Gasteiger partial charge in [-0.3, -0.25) is 0 Å². The van der Waals surface area contributed by atoms with Crippen LogP contribution in [0.5, 0.6) is 0 Å². The Hall–Kier alpha value is -1.96. The number of hydrogen-bond acceptors (Lipinski definition) is 0. The maximum atomic E-state index is 2.69. The second-order valence-corrected chi connectivity index (χ2v) is 40.4. The molecule has 6 rings (SSSR count). The molecule has 2 aliphatic rings. The van der Waals surface area contributed by atoms with Crippen LogP contribution in [0.15, 0.2) is 83.9 Å². The summed E-state index contributed by atoms with van der Waals surface area (Å²) in [5.74, 6) is -0.987. The van der Waals surface area contributed by atoms with E-state index in [2.05, 4.69) is 195 Å². The second-order valence-electron chi connectivity index (χ2n) is 20.4. The summed E-state index contributed by atoms with van der Waals surface area (Å²) in [5.41, 5.74) is 21.4. The minimum atomic E-state index is -2.21. The first-order chi connectivity index (χ1) is 24.0. The Morgan fingerprint density at radius 2 is 0.759 bits per heavy atom. The molecular formula is C50H65Cl2SiZr. The number of allylic oxidation sites excluding steroid dienone is 2. The standard InChI is InChI=1S/2C24H29.C2H7Si.2ClH.Zr/c2*1-16-14-17-10-8-11-18(20(17)15-16)19-12-9-13-21(23(2,3)4)22(19)24(5,6)7;1-3-2;;;/h2*8-15H,1-7H3;3H,1-2H3;2*1H;/q;;;;;+2/p-2. The molecule has 0 spiro atoms. The molecule has 0 saturated carbocycles. The predicted molar refractivity (Wildman–Crippen MR) is 230 cm³/mol. The van der Waals surface area contributed by atoms with E-state index in [1.165, 1.54) is 55.6 Å². The van der Waals surface area contributed by atoms with E-state index in [1.807, 2.05) is 0 Å². The van der Waals surface area contributed by atoms with E-state index in [0.717, 1.165) is 0 Å². The molecule has 0 amide bonds. The summed E-state index contributed by atoms with van der Waals surface area (Å²) in [5, 5.41) is 0. The van der Waals surface area contributed by atoms with Crippen LogP contribution in [0.4, 0.5) is 0 Å². The quantitative estimate of drug-likeness (QED) is 0.177. The Balaban J connectivity index is 0.00000325. The van der Waals surface area contributed by atoms with Gasteiger partial charge in [0.05, 0.1) is 0 Å². The molecule has 0 fully saturated rings. The van der Waals surface area contributed by atoms with Crippen LogP contribution in [-0.2, 0) is 42.6 Å². The molecule has 0 bridgehead atoms. The molecule has 0 heterocycles. The van der Waals surface area contributed by atoms with Crippen molar-refractivity contribution in [3.8, 4) is 22.3 Å². The molecule has 4 heteroatoms. The van der Waals surface area contributed by atoms with Crippen molar-refractivity contribution in [2.75, 3.05) is 0 Å². The molecule has 4 aromatic carbocycles. The van der Waals surface area contributed by atoms with Gasteiger partial charge in [0.2, 0.25) is 0 Å². The fourth-order valence-electron chi connectivity index (χ4n) is 9.71. The molecule has 287 valence electrons. The third kappa shape index (κ3) is 8.08. The van der Waals surface area contributed by atoms with Crippen LogP contribution in [0.25, 0.3) is 34.4 Å². The molecule has 0 N–H and O–H groups in total.